The summed E-state index contributed by atoms with van der Waals surface area (Å²) in [6.45, 7) is 4.03. The highest BCUT2D eigenvalue weighted by molar-refractivity contribution is 5.97. The Bertz CT molecular complexity index is 979. The van der Waals surface area contributed by atoms with E-state index < -0.39 is 6.04 Å². The summed E-state index contributed by atoms with van der Waals surface area (Å²) in [5.74, 6) is 0.913. The van der Waals surface area contributed by atoms with Crippen LogP contribution >= 0.6 is 0 Å². The second kappa shape index (κ2) is 9.91. The second-order valence-corrected chi connectivity index (χ2v) is 7.65. The van der Waals surface area contributed by atoms with Gasteiger partial charge in [0.15, 0.2) is 0 Å². The van der Waals surface area contributed by atoms with Crippen LogP contribution in [0.1, 0.15) is 32.3 Å². The molecule has 0 fully saturated rings. The van der Waals surface area contributed by atoms with E-state index in [0.29, 0.717) is 18.8 Å². The first-order valence-corrected chi connectivity index (χ1v) is 10.1. The SMILES string of the molecule is COc1ccccc1CCC(=O)N[C@@H](CC(C)C)C(=O)Nc1nc2ccccc2[nH]1. The molecule has 0 saturated heterocycles. The van der Waals surface area contributed by atoms with E-state index in [9.17, 15) is 9.59 Å². The van der Waals surface area contributed by atoms with E-state index in [1.54, 1.807) is 7.11 Å². The zero-order valence-corrected chi connectivity index (χ0v) is 17.6. The Kier molecular flexibility index (Phi) is 7.06. The number of imidazole rings is 1. The molecule has 0 saturated carbocycles. The first-order valence-electron chi connectivity index (χ1n) is 10.1. The van der Waals surface area contributed by atoms with Crippen molar-refractivity contribution in [2.75, 3.05) is 12.4 Å². The molecule has 3 N–H and O–H groups in total. The number of nitrogens with zero attached hydrogens (tertiary/aromatic N) is 1. The van der Waals surface area contributed by atoms with Gasteiger partial charge in [-0.1, -0.05) is 44.2 Å². The van der Waals surface area contributed by atoms with Gasteiger partial charge in [0, 0.05) is 6.42 Å². The smallest absolute Gasteiger partial charge is 0.249 e. The van der Waals surface area contributed by atoms with Gasteiger partial charge in [-0.25, -0.2) is 4.98 Å². The largest absolute Gasteiger partial charge is 0.496 e. The van der Waals surface area contributed by atoms with Gasteiger partial charge < -0.3 is 15.0 Å². The van der Waals surface area contributed by atoms with E-state index >= 15 is 0 Å². The molecule has 0 aliphatic carbocycles. The number of ether oxygens (including phenoxy) is 1. The van der Waals surface area contributed by atoms with Crippen LogP contribution in [0.3, 0.4) is 0 Å². The maximum Gasteiger partial charge on any atom is 0.249 e. The molecule has 3 rings (SSSR count). The zero-order chi connectivity index (χ0) is 21.5. The number of anilines is 1. The summed E-state index contributed by atoms with van der Waals surface area (Å²) < 4.78 is 5.33. The third kappa shape index (κ3) is 5.59. The molecule has 30 heavy (non-hydrogen) atoms. The average molecular weight is 409 g/mol. The Morgan fingerprint density at radius 1 is 1.10 bits per heavy atom. The summed E-state index contributed by atoms with van der Waals surface area (Å²) in [6, 6.07) is 14.5. The number of H-pyrrole nitrogens is 1. The van der Waals surface area contributed by atoms with Crippen LogP contribution in [0.15, 0.2) is 48.5 Å². The number of amides is 2. The summed E-state index contributed by atoms with van der Waals surface area (Å²) in [5.41, 5.74) is 2.57. The highest BCUT2D eigenvalue weighted by Crippen LogP contribution is 2.19. The standard InChI is InChI=1S/C23H28N4O3/c1-15(2)14-19(22(29)27-23-25-17-9-5-6-10-18(17)26-23)24-21(28)13-12-16-8-4-7-11-20(16)30-3/h4-11,15,19H,12-14H2,1-3H3,(H,24,28)(H2,25,26,27,29)/t19-/m0/s1. The fourth-order valence-corrected chi connectivity index (χ4v) is 3.34. The highest BCUT2D eigenvalue weighted by Gasteiger charge is 2.23. The number of rotatable bonds is 9. The number of para-hydroxylation sites is 3. The molecule has 3 aromatic rings. The first kappa shape index (κ1) is 21.4. The summed E-state index contributed by atoms with van der Waals surface area (Å²) in [7, 11) is 1.61. The number of nitrogens with one attached hydrogen (secondary N) is 3. The number of benzene rings is 2. The molecule has 0 aliphatic heterocycles. The summed E-state index contributed by atoms with van der Waals surface area (Å²) in [5, 5.41) is 5.67. The Morgan fingerprint density at radius 3 is 2.57 bits per heavy atom. The molecular weight excluding hydrogens is 380 g/mol. The van der Waals surface area contributed by atoms with Crippen LogP contribution in [0.25, 0.3) is 11.0 Å². The molecular formula is C23H28N4O3. The third-order valence-electron chi connectivity index (χ3n) is 4.80. The van der Waals surface area contributed by atoms with Gasteiger partial charge in [0.25, 0.3) is 0 Å². The van der Waals surface area contributed by atoms with Crippen molar-refractivity contribution in [3.05, 3.63) is 54.1 Å². The van der Waals surface area contributed by atoms with E-state index in [2.05, 4.69) is 20.6 Å². The maximum atomic E-state index is 12.8. The van der Waals surface area contributed by atoms with Crippen molar-refractivity contribution in [2.24, 2.45) is 5.92 Å². The Labute approximate surface area is 176 Å². The minimum absolute atomic E-state index is 0.175. The van der Waals surface area contributed by atoms with Crippen LogP contribution in [0.2, 0.25) is 0 Å². The van der Waals surface area contributed by atoms with Gasteiger partial charge in [0.1, 0.15) is 11.8 Å². The Hall–Kier alpha value is -3.35. The van der Waals surface area contributed by atoms with Crippen LogP contribution in [0.4, 0.5) is 5.95 Å². The van der Waals surface area contributed by atoms with E-state index in [1.165, 1.54) is 0 Å². The molecule has 158 valence electrons. The van der Waals surface area contributed by atoms with Gasteiger partial charge >= 0.3 is 0 Å². The van der Waals surface area contributed by atoms with Gasteiger partial charge in [0.05, 0.1) is 18.1 Å². The monoisotopic (exact) mass is 408 g/mol. The van der Waals surface area contributed by atoms with Gasteiger partial charge in [-0.15, -0.1) is 0 Å². The summed E-state index contributed by atoms with van der Waals surface area (Å²) >= 11 is 0. The fraction of sp³-hybridized carbons (Fsp3) is 0.348. The number of hydrogen-bond acceptors (Lipinski definition) is 4. The number of aromatic amines is 1. The lowest BCUT2D eigenvalue weighted by atomic mass is 10.0. The predicted molar refractivity (Wildman–Crippen MR) is 117 cm³/mol. The number of aryl methyl sites for hydroxylation is 1. The van der Waals surface area contributed by atoms with E-state index in [-0.39, 0.29) is 24.2 Å². The summed E-state index contributed by atoms with van der Waals surface area (Å²) in [4.78, 5) is 32.8. The minimum atomic E-state index is -0.636. The van der Waals surface area contributed by atoms with Crippen molar-refractivity contribution in [1.29, 1.82) is 0 Å². The zero-order valence-electron chi connectivity index (χ0n) is 17.6. The van der Waals surface area contributed by atoms with Gasteiger partial charge in [-0.2, -0.15) is 0 Å². The molecule has 7 nitrogen and oxygen atoms in total. The van der Waals surface area contributed by atoms with Crippen molar-refractivity contribution in [3.63, 3.8) is 0 Å². The third-order valence-corrected chi connectivity index (χ3v) is 4.80. The molecule has 0 radical (unpaired) electrons. The number of aromatic nitrogens is 2. The first-order chi connectivity index (χ1) is 14.5. The van der Waals surface area contributed by atoms with Crippen LogP contribution in [-0.2, 0) is 16.0 Å². The highest BCUT2D eigenvalue weighted by atomic mass is 16.5. The van der Waals surface area contributed by atoms with Crippen molar-refractivity contribution in [1.82, 2.24) is 15.3 Å². The van der Waals surface area contributed by atoms with Crippen LogP contribution in [0.5, 0.6) is 5.75 Å². The van der Waals surface area contributed by atoms with E-state index in [0.717, 1.165) is 22.3 Å². The van der Waals surface area contributed by atoms with Crippen LogP contribution < -0.4 is 15.4 Å². The number of carbonyl (C=O) groups excluding carboxylic acids is 2. The van der Waals surface area contributed by atoms with Crippen molar-refractivity contribution < 1.29 is 14.3 Å². The predicted octanol–water partition coefficient (Wildman–Crippen LogP) is 3.67. The lowest BCUT2D eigenvalue weighted by Crippen LogP contribution is -2.44. The Morgan fingerprint density at radius 2 is 1.83 bits per heavy atom. The molecule has 1 aromatic heterocycles. The van der Waals surface area contributed by atoms with Gasteiger partial charge in [-0.05, 0) is 42.5 Å². The molecule has 7 heteroatoms. The second-order valence-electron chi connectivity index (χ2n) is 7.65. The lowest BCUT2D eigenvalue weighted by Gasteiger charge is -2.19. The molecule has 0 spiro atoms. The van der Waals surface area contributed by atoms with Gasteiger partial charge in [-0.3, -0.25) is 14.9 Å². The average Bonchev–Trinajstić information content (AvgIpc) is 3.13. The number of hydrogen-bond donors (Lipinski definition) is 3. The normalized spacial score (nSPS) is 12.0. The van der Waals surface area contributed by atoms with E-state index in [1.807, 2.05) is 62.4 Å². The fourth-order valence-electron chi connectivity index (χ4n) is 3.34. The van der Waals surface area contributed by atoms with Gasteiger partial charge in [0.2, 0.25) is 17.8 Å². The van der Waals surface area contributed by atoms with Crippen LogP contribution in [0, 0.1) is 5.92 Å². The molecule has 1 heterocycles. The molecule has 0 aliphatic rings. The maximum absolute atomic E-state index is 12.8. The number of fused-ring (bicyclic) bond motifs is 1. The molecule has 1 atom stereocenters. The quantitative estimate of drug-likeness (QED) is 0.503. The molecule has 2 amide bonds. The van der Waals surface area contributed by atoms with Crippen molar-refractivity contribution in [3.8, 4) is 5.75 Å². The molecule has 0 unspecified atom stereocenters. The van der Waals surface area contributed by atoms with Crippen molar-refractivity contribution in [2.45, 2.75) is 39.2 Å². The Balaban J connectivity index is 1.62. The minimum Gasteiger partial charge on any atom is -0.496 e. The van der Waals surface area contributed by atoms with Crippen molar-refractivity contribution >= 4 is 28.8 Å². The molecule has 2 aromatic carbocycles. The lowest BCUT2D eigenvalue weighted by molar-refractivity contribution is -0.126. The number of carbonyl (C=O) groups is 2. The molecule has 0 bridgehead atoms. The summed E-state index contributed by atoms with van der Waals surface area (Å²) in [6.07, 6.45) is 1.34. The van der Waals surface area contributed by atoms with Crippen LogP contribution in [-0.4, -0.2) is 34.9 Å². The van der Waals surface area contributed by atoms with E-state index in [4.69, 9.17) is 4.74 Å². The number of methoxy groups -OCH3 is 1. The topological polar surface area (TPSA) is 96.1 Å².